The molecule has 0 aromatic carbocycles. The van der Waals surface area contributed by atoms with E-state index in [1.165, 1.54) is 0 Å². The Balaban J connectivity index is 2.49. The van der Waals surface area contributed by atoms with Gasteiger partial charge >= 0.3 is 0 Å². The van der Waals surface area contributed by atoms with E-state index < -0.39 is 0 Å². The van der Waals surface area contributed by atoms with Crippen LogP contribution in [-0.2, 0) is 5.75 Å². The van der Waals surface area contributed by atoms with E-state index in [2.05, 4.69) is 24.0 Å². The summed E-state index contributed by atoms with van der Waals surface area (Å²) < 4.78 is 4.96. The van der Waals surface area contributed by atoms with Crippen molar-refractivity contribution in [1.29, 1.82) is 0 Å². The maximum atomic E-state index is 5.58. The van der Waals surface area contributed by atoms with Gasteiger partial charge in [0.05, 0.1) is 11.8 Å². The number of aromatic nitrogens is 2. The molecule has 0 aliphatic rings. The van der Waals surface area contributed by atoms with Crippen molar-refractivity contribution in [3.05, 3.63) is 11.7 Å². The highest BCUT2D eigenvalue weighted by Crippen LogP contribution is 2.15. The SMILES string of the molecule is CC(C)SCc1noc([C@@H](C)N)n1. The van der Waals surface area contributed by atoms with E-state index >= 15 is 0 Å². The van der Waals surface area contributed by atoms with Crippen LogP contribution in [0.5, 0.6) is 0 Å². The van der Waals surface area contributed by atoms with Gasteiger partial charge in [-0.3, -0.25) is 0 Å². The van der Waals surface area contributed by atoms with Gasteiger partial charge in [0.1, 0.15) is 0 Å². The zero-order valence-electron chi connectivity index (χ0n) is 8.15. The third kappa shape index (κ3) is 3.36. The van der Waals surface area contributed by atoms with Crippen molar-refractivity contribution in [2.24, 2.45) is 5.73 Å². The predicted molar refractivity (Wildman–Crippen MR) is 53.3 cm³/mol. The van der Waals surface area contributed by atoms with Crippen LogP contribution in [0.2, 0.25) is 0 Å². The summed E-state index contributed by atoms with van der Waals surface area (Å²) in [5, 5.41) is 4.40. The Labute approximate surface area is 82.3 Å². The van der Waals surface area contributed by atoms with Gasteiger partial charge in [0, 0.05) is 0 Å². The van der Waals surface area contributed by atoms with Crippen LogP contribution < -0.4 is 5.73 Å². The number of hydrogen-bond acceptors (Lipinski definition) is 5. The molecule has 1 aromatic heterocycles. The molecule has 74 valence electrons. The smallest absolute Gasteiger partial charge is 0.243 e. The maximum Gasteiger partial charge on any atom is 0.243 e. The van der Waals surface area contributed by atoms with Crippen molar-refractivity contribution >= 4 is 11.8 Å². The second kappa shape index (κ2) is 4.62. The molecule has 1 atom stereocenters. The quantitative estimate of drug-likeness (QED) is 0.803. The minimum Gasteiger partial charge on any atom is -0.338 e. The summed E-state index contributed by atoms with van der Waals surface area (Å²) >= 11 is 1.78. The zero-order valence-corrected chi connectivity index (χ0v) is 8.97. The van der Waals surface area contributed by atoms with Gasteiger partial charge in [0.25, 0.3) is 0 Å². The number of rotatable bonds is 4. The van der Waals surface area contributed by atoms with Crippen molar-refractivity contribution in [2.45, 2.75) is 37.8 Å². The van der Waals surface area contributed by atoms with Crippen molar-refractivity contribution in [1.82, 2.24) is 10.1 Å². The number of nitrogens with zero attached hydrogens (tertiary/aromatic N) is 2. The Hall–Kier alpha value is -0.550. The van der Waals surface area contributed by atoms with E-state index in [1.807, 2.05) is 6.92 Å². The second-order valence-corrected chi connectivity index (χ2v) is 4.76. The Morgan fingerprint density at radius 2 is 2.15 bits per heavy atom. The standard InChI is InChI=1S/C8H15N3OS/c1-5(2)13-4-7-10-8(6(3)9)12-11-7/h5-6H,4,9H2,1-3H3/t6-/m1/s1. The zero-order chi connectivity index (χ0) is 9.84. The minimum atomic E-state index is -0.176. The third-order valence-corrected chi connectivity index (χ3v) is 2.51. The molecule has 0 aliphatic heterocycles. The van der Waals surface area contributed by atoms with Gasteiger partial charge in [0.2, 0.25) is 5.89 Å². The predicted octanol–water partition coefficient (Wildman–Crippen LogP) is 1.73. The summed E-state index contributed by atoms with van der Waals surface area (Å²) in [4.78, 5) is 4.16. The highest BCUT2D eigenvalue weighted by atomic mass is 32.2. The molecule has 1 heterocycles. The Morgan fingerprint density at radius 3 is 2.62 bits per heavy atom. The van der Waals surface area contributed by atoms with E-state index in [9.17, 15) is 0 Å². The summed E-state index contributed by atoms with van der Waals surface area (Å²) in [6, 6.07) is -0.176. The molecule has 13 heavy (non-hydrogen) atoms. The Bertz CT molecular complexity index is 260. The van der Waals surface area contributed by atoms with Gasteiger partial charge in [-0.05, 0) is 12.2 Å². The first-order valence-corrected chi connectivity index (χ1v) is 5.34. The molecular weight excluding hydrogens is 186 g/mol. The monoisotopic (exact) mass is 201 g/mol. The average molecular weight is 201 g/mol. The van der Waals surface area contributed by atoms with Crippen LogP contribution in [-0.4, -0.2) is 15.4 Å². The van der Waals surface area contributed by atoms with Gasteiger partial charge in [-0.1, -0.05) is 19.0 Å². The number of hydrogen-bond donors (Lipinski definition) is 1. The van der Waals surface area contributed by atoms with Gasteiger partial charge in [-0.15, -0.1) is 0 Å². The lowest BCUT2D eigenvalue weighted by atomic mass is 10.4. The van der Waals surface area contributed by atoms with Crippen molar-refractivity contribution in [2.75, 3.05) is 0 Å². The number of nitrogens with two attached hydrogens (primary N) is 1. The van der Waals surface area contributed by atoms with Crippen molar-refractivity contribution in [3.63, 3.8) is 0 Å². The van der Waals surface area contributed by atoms with Crippen LogP contribution in [0.4, 0.5) is 0 Å². The van der Waals surface area contributed by atoms with E-state index in [-0.39, 0.29) is 6.04 Å². The largest absolute Gasteiger partial charge is 0.338 e. The Kier molecular flexibility index (Phi) is 3.74. The Morgan fingerprint density at radius 1 is 1.46 bits per heavy atom. The summed E-state index contributed by atoms with van der Waals surface area (Å²) in [7, 11) is 0. The lowest BCUT2D eigenvalue weighted by molar-refractivity contribution is 0.358. The van der Waals surface area contributed by atoms with Gasteiger partial charge in [-0.25, -0.2) is 0 Å². The van der Waals surface area contributed by atoms with Gasteiger partial charge in [-0.2, -0.15) is 16.7 Å². The summed E-state index contributed by atoms with van der Waals surface area (Å²) in [5.74, 6) is 2.03. The van der Waals surface area contributed by atoms with Crippen molar-refractivity contribution in [3.8, 4) is 0 Å². The van der Waals surface area contributed by atoms with Crippen LogP contribution in [0.25, 0.3) is 0 Å². The van der Waals surface area contributed by atoms with E-state index in [0.29, 0.717) is 11.1 Å². The third-order valence-electron chi connectivity index (χ3n) is 1.42. The highest BCUT2D eigenvalue weighted by molar-refractivity contribution is 7.99. The highest BCUT2D eigenvalue weighted by Gasteiger charge is 2.10. The first-order chi connectivity index (χ1) is 6.09. The molecule has 2 N–H and O–H groups in total. The van der Waals surface area contributed by atoms with Crippen LogP contribution >= 0.6 is 11.8 Å². The molecule has 1 rings (SSSR count). The molecular formula is C8H15N3OS. The second-order valence-electron chi connectivity index (χ2n) is 3.20. The summed E-state index contributed by atoms with van der Waals surface area (Å²) in [6.45, 7) is 6.10. The molecule has 0 saturated carbocycles. The molecule has 5 heteroatoms. The molecule has 4 nitrogen and oxygen atoms in total. The maximum absolute atomic E-state index is 5.58. The molecule has 0 fully saturated rings. The fourth-order valence-electron chi connectivity index (χ4n) is 0.752. The van der Waals surface area contributed by atoms with E-state index in [0.717, 1.165) is 11.6 Å². The van der Waals surface area contributed by atoms with Crippen LogP contribution in [0.3, 0.4) is 0 Å². The normalized spacial score (nSPS) is 13.6. The molecule has 0 amide bonds. The minimum absolute atomic E-state index is 0.176. The summed E-state index contributed by atoms with van der Waals surface area (Å²) in [5.41, 5.74) is 5.58. The van der Waals surface area contributed by atoms with Crippen molar-refractivity contribution < 1.29 is 4.52 Å². The molecule has 0 spiro atoms. The van der Waals surface area contributed by atoms with Crippen LogP contribution in [0.15, 0.2) is 4.52 Å². The average Bonchev–Trinajstić information content (AvgIpc) is 2.48. The van der Waals surface area contributed by atoms with Crippen LogP contribution in [0, 0.1) is 0 Å². The molecule has 0 bridgehead atoms. The molecule has 0 radical (unpaired) electrons. The lowest BCUT2D eigenvalue weighted by Crippen LogP contribution is -2.05. The fourth-order valence-corrected chi connectivity index (χ4v) is 1.35. The first-order valence-electron chi connectivity index (χ1n) is 4.29. The van der Waals surface area contributed by atoms with E-state index in [1.54, 1.807) is 11.8 Å². The molecule has 0 saturated heterocycles. The topological polar surface area (TPSA) is 64.9 Å². The number of thioether (sulfide) groups is 1. The summed E-state index contributed by atoms with van der Waals surface area (Å²) in [6.07, 6.45) is 0. The van der Waals surface area contributed by atoms with Gasteiger partial charge < -0.3 is 10.3 Å². The molecule has 0 aliphatic carbocycles. The molecule has 0 unspecified atom stereocenters. The molecule has 1 aromatic rings. The fraction of sp³-hybridized carbons (Fsp3) is 0.750. The van der Waals surface area contributed by atoms with E-state index in [4.69, 9.17) is 10.3 Å². The lowest BCUT2D eigenvalue weighted by Gasteiger charge is -1.99. The van der Waals surface area contributed by atoms with Crippen LogP contribution in [0.1, 0.15) is 38.5 Å². The van der Waals surface area contributed by atoms with Gasteiger partial charge in [0.15, 0.2) is 5.82 Å². The first kappa shape index (κ1) is 10.5.